The van der Waals surface area contributed by atoms with Crippen molar-refractivity contribution in [3.8, 4) is 6.07 Å². The maximum Gasteiger partial charge on any atom is 0.101 e. The normalized spacial score (nSPS) is 11.8. The third kappa shape index (κ3) is 2.40. The molecule has 0 heterocycles. The highest BCUT2D eigenvalue weighted by atomic mass is 14.9. The topological polar surface area (TPSA) is 61.8 Å². The molecule has 74 valence electrons. The van der Waals surface area contributed by atoms with Gasteiger partial charge in [-0.15, -0.1) is 0 Å². The van der Waals surface area contributed by atoms with Crippen LogP contribution in [0.4, 0.5) is 11.4 Å². The molecule has 14 heavy (non-hydrogen) atoms. The molecular weight excluding hydrogens is 174 g/mol. The first kappa shape index (κ1) is 10.4. The molecule has 0 bridgehead atoms. The molecule has 3 N–H and O–H groups in total. The Morgan fingerprint density at radius 2 is 2.29 bits per heavy atom. The van der Waals surface area contributed by atoms with E-state index in [1.54, 1.807) is 12.1 Å². The van der Waals surface area contributed by atoms with Crippen LogP contribution < -0.4 is 11.1 Å². The van der Waals surface area contributed by atoms with E-state index in [0.717, 1.165) is 12.1 Å². The summed E-state index contributed by atoms with van der Waals surface area (Å²) in [7, 11) is 0. The SMILES string of the molecule is CCC(C)Nc1ccc(C#N)c(N)c1. The number of anilines is 2. The van der Waals surface area contributed by atoms with Crippen LogP contribution in [0.15, 0.2) is 18.2 Å². The van der Waals surface area contributed by atoms with Crippen LogP contribution in [0.5, 0.6) is 0 Å². The number of nitrogens with one attached hydrogen (secondary N) is 1. The summed E-state index contributed by atoms with van der Waals surface area (Å²) in [5.41, 5.74) is 7.71. The zero-order valence-electron chi connectivity index (χ0n) is 8.54. The third-order valence-electron chi connectivity index (χ3n) is 2.20. The van der Waals surface area contributed by atoms with Crippen LogP contribution in [0.2, 0.25) is 0 Å². The standard InChI is InChI=1S/C11H15N3/c1-3-8(2)14-10-5-4-9(7-12)11(13)6-10/h4-6,8,14H,3,13H2,1-2H3. The van der Waals surface area contributed by atoms with Crippen LogP contribution in [-0.2, 0) is 0 Å². The van der Waals surface area contributed by atoms with Crippen molar-refractivity contribution in [2.75, 3.05) is 11.1 Å². The molecule has 1 aromatic rings. The molecule has 0 amide bonds. The van der Waals surface area contributed by atoms with Gasteiger partial charge in [-0.05, 0) is 31.5 Å². The number of rotatable bonds is 3. The van der Waals surface area contributed by atoms with E-state index in [1.807, 2.05) is 12.1 Å². The summed E-state index contributed by atoms with van der Waals surface area (Å²) in [6.07, 6.45) is 1.06. The monoisotopic (exact) mass is 189 g/mol. The molecular formula is C11H15N3. The molecule has 0 saturated heterocycles. The van der Waals surface area contributed by atoms with Gasteiger partial charge in [0.05, 0.1) is 11.3 Å². The molecule has 1 aromatic carbocycles. The highest BCUT2D eigenvalue weighted by Gasteiger charge is 2.01. The van der Waals surface area contributed by atoms with E-state index in [0.29, 0.717) is 17.3 Å². The number of benzene rings is 1. The van der Waals surface area contributed by atoms with Gasteiger partial charge in [-0.3, -0.25) is 0 Å². The predicted octanol–water partition coefficient (Wildman–Crippen LogP) is 2.35. The van der Waals surface area contributed by atoms with E-state index < -0.39 is 0 Å². The first-order chi connectivity index (χ1) is 6.67. The van der Waals surface area contributed by atoms with E-state index in [1.165, 1.54) is 0 Å². The molecule has 1 atom stereocenters. The second-order valence-electron chi connectivity index (χ2n) is 3.37. The fourth-order valence-electron chi connectivity index (χ4n) is 1.14. The van der Waals surface area contributed by atoms with E-state index in [-0.39, 0.29) is 0 Å². The zero-order valence-corrected chi connectivity index (χ0v) is 8.54. The van der Waals surface area contributed by atoms with Crippen molar-refractivity contribution in [1.29, 1.82) is 5.26 Å². The van der Waals surface area contributed by atoms with Crippen LogP contribution >= 0.6 is 0 Å². The Hall–Kier alpha value is -1.69. The average molecular weight is 189 g/mol. The average Bonchev–Trinajstić information content (AvgIpc) is 2.18. The molecule has 1 unspecified atom stereocenters. The molecule has 0 saturated carbocycles. The van der Waals surface area contributed by atoms with Crippen molar-refractivity contribution < 1.29 is 0 Å². The Kier molecular flexibility index (Phi) is 3.35. The summed E-state index contributed by atoms with van der Waals surface area (Å²) in [5, 5.41) is 12.0. The van der Waals surface area contributed by atoms with Gasteiger partial charge in [-0.25, -0.2) is 0 Å². The lowest BCUT2D eigenvalue weighted by molar-refractivity contribution is 0.764. The van der Waals surface area contributed by atoms with Crippen molar-refractivity contribution in [2.45, 2.75) is 26.3 Å². The predicted molar refractivity (Wildman–Crippen MR) is 58.9 cm³/mol. The molecule has 0 spiro atoms. The molecule has 3 heteroatoms. The summed E-state index contributed by atoms with van der Waals surface area (Å²) in [4.78, 5) is 0. The second kappa shape index (κ2) is 4.52. The zero-order chi connectivity index (χ0) is 10.6. The third-order valence-corrected chi connectivity index (χ3v) is 2.20. The molecule has 0 fully saturated rings. The Morgan fingerprint density at radius 3 is 2.79 bits per heavy atom. The Morgan fingerprint density at radius 1 is 1.57 bits per heavy atom. The second-order valence-corrected chi connectivity index (χ2v) is 3.37. The van der Waals surface area contributed by atoms with Gasteiger partial charge in [0.25, 0.3) is 0 Å². The fourth-order valence-corrected chi connectivity index (χ4v) is 1.14. The van der Waals surface area contributed by atoms with Crippen molar-refractivity contribution in [2.24, 2.45) is 0 Å². The minimum absolute atomic E-state index is 0.419. The van der Waals surface area contributed by atoms with Gasteiger partial charge in [-0.1, -0.05) is 6.92 Å². The minimum Gasteiger partial charge on any atom is -0.398 e. The number of nitrogens with two attached hydrogens (primary N) is 1. The fraction of sp³-hybridized carbons (Fsp3) is 0.364. The molecule has 1 rings (SSSR count). The quantitative estimate of drug-likeness (QED) is 0.717. The summed E-state index contributed by atoms with van der Waals surface area (Å²) in [6, 6.07) is 7.86. The minimum atomic E-state index is 0.419. The molecule has 3 nitrogen and oxygen atoms in total. The number of nitriles is 1. The lowest BCUT2D eigenvalue weighted by Gasteiger charge is -2.13. The lowest BCUT2D eigenvalue weighted by Crippen LogP contribution is -2.13. The van der Waals surface area contributed by atoms with Crippen LogP contribution in [-0.4, -0.2) is 6.04 Å². The van der Waals surface area contributed by atoms with Crippen LogP contribution in [0.3, 0.4) is 0 Å². The van der Waals surface area contributed by atoms with Gasteiger partial charge in [0.15, 0.2) is 0 Å². The molecule has 0 aliphatic rings. The Bertz CT molecular complexity index is 352. The van der Waals surface area contributed by atoms with Gasteiger partial charge in [-0.2, -0.15) is 5.26 Å². The maximum atomic E-state index is 8.69. The van der Waals surface area contributed by atoms with E-state index in [2.05, 4.69) is 19.2 Å². The summed E-state index contributed by atoms with van der Waals surface area (Å²) >= 11 is 0. The van der Waals surface area contributed by atoms with Crippen LogP contribution in [0.1, 0.15) is 25.8 Å². The summed E-state index contributed by atoms with van der Waals surface area (Å²) in [5.74, 6) is 0. The van der Waals surface area contributed by atoms with Gasteiger partial charge >= 0.3 is 0 Å². The largest absolute Gasteiger partial charge is 0.398 e. The van der Waals surface area contributed by atoms with E-state index >= 15 is 0 Å². The summed E-state index contributed by atoms with van der Waals surface area (Å²) in [6.45, 7) is 4.22. The van der Waals surface area contributed by atoms with Crippen molar-refractivity contribution in [3.05, 3.63) is 23.8 Å². The first-order valence-electron chi connectivity index (χ1n) is 4.73. The van der Waals surface area contributed by atoms with Crippen LogP contribution in [0, 0.1) is 11.3 Å². The van der Waals surface area contributed by atoms with Gasteiger partial charge in [0.1, 0.15) is 6.07 Å². The Labute approximate surface area is 84.5 Å². The number of nitrogens with zero attached hydrogens (tertiary/aromatic N) is 1. The molecule has 0 aliphatic carbocycles. The lowest BCUT2D eigenvalue weighted by atomic mass is 10.1. The van der Waals surface area contributed by atoms with Gasteiger partial charge < -0.3 is 11.1 Å². The van der Waals surface area contributed by atoms with Crippen LogP contribution in [0.25, 0.3) is 0 Å². The molecule has 0 radical (unpaired) electrons. The van der Waals surface area contributed by atoms with Crippen molar-refractivity contribution in [3.63, 3.8) is 0 Å². The van der Waals surface area contributed by atoms with E-state index in [9.17, 15) is 0 Å². The molecule has 0 aliphatic heterocycles. The number of hydrogen-bond acceptors (Lipinski definition) is 3. The van der Waals surface area contributed by atoms with Crippen molar-refractivity contribution >= 4 is 11.4 Å². The number of nitrogen functional groups attached to an aromatic ring is 1. The van der Waals surface area contributed by atoms with Crippen molar-refractivity contribution in [1.82, 2.24) is 0 Å². The van der Waals surface area contributed by atoms with Gasteiger partial charge in [0, 0.05) is 11.7 Å². The first-order valence-corrected chi connectivity index (χ1v) is 4.73. The number of hydrogen-bond donors (Lipinski definition) is 2. The highest BCUT2D eigenvalue weighted by molar-refractivity contribution is 5.62. The van der Waals surface area contributed by atoms with Gasteiger partial charge in [0.2, 0.25) is 0 Å². The highest BCUT2D eigenvalue weighted by Crippen LogP contribution is 2.18. The van der Waals surface area contributed by atoms with E-state index in [4.69, 9.17) is 11.0 Å². The summed E-state index contributed by atoms with van der Waals surface area (Å²) < 4.78 is 0. The molecule has 0 aromatic heterocycles. The Balaban J connectivity index is 2.82. The smallest absolute Gasteiger partial charge is 0.101 e. The maximum absolute atomic E-state index is 8.69.